The van der Waals surface area contributed by atoms with E-state index in [0.717, 1.165) is 17.0 Å². The molecule has 14 heavy (non-hydrogen) atoms. The van der Waals surface area contributed by atoms with Gasteiger partial charge in [-0.3, -0.25) is 0 Å². The first-order valence-electron chi connectivity index (χ1n) is 4.25. The van der Waals surface area contributed by atoms with Gasteiger partial charge in [0.15, 0.2) is 0 Å². The van der Waals surface area contributed by atoms with Gasteiger partial charge in [0.05, 0.1) is 16.9 Å². The van der Waals surface area contributed by atoms with Crippen LogP contribution in [0.25, 0.3) is 5.52 Å². The highest BCUT2D eigenvalue weighted by Crippen LogP contribution is 2.18. The average Bonchev–Trinajstić information content (AvgIpc) is 2.43. The molecule has 0 saturated heterocycles. The van der Waals surface area contributed by atoms with E-state index in [9.17, 15) is 4.79 Å². The van der Waals surface area contributed by atoms with Gasteiger partial charge in [0.25, 0.3) is 0 Å². The van der Waals surface area contributed by atoms with Crippen molar-refractivity contribution < 1.29 is 4.79 Å². The quantitative estimate of drug-likeness (QED) is 0.505. The number of imidazole rings is 1. The second-order valence-corrected chi connectivity index (χ2v) is 3.09. The Morgan fingerprint density at radius 1 is 1.50 bits per heavy atom. The molecule has 2 aromatic rings. The van der Waals surface area contributed by atoms with Crippen molar-refractivity contribution in [2.45, 2.75) is 13.8 Å². The van der Waals surface area contributed by atoms with E-state index in [-0.39, 0.29) is 0 Å². The van der Waals surface area contributed by atoms with Gasteiger partial charge in [-0.25, -0.2) is 9.78 Å². The van der Waals surface area contributed by atoms with Crippen molar-refractivity contribution in [3.05, 3.63) is 29.8 Å². The van der Waals surface area contributed by atoms with Gasteiger partial charge in [0.2, 0.25) is 6.08 Å². The number of hydrogen-bond acceptors (Lipinski definition) is 3. The third kappa shape index (κ3) is 1.22. The monoisotopic (exact) mass is 187 g/mol. The number of fused-ring (bicyclic) bond motifs is 1. The molecule has 0 radical (unpaired) electrons. The molecule has 0 spiro atoms. The molecule has 0 atom stereocenters. The third-order valence-corrected chi connectivity index (χ3v) is 2.16. The Morgan fingerprint density at radius 3 is 3.00 bits per heavy atom. The van der Waals surface area contributed by atoms with Crippen LogP contribution in [0.3, 0.4) is 0 Å². The minimum atomic E-state index is 0.607. The summed E-state index contributed by atoms with van der Waals surface area (Å²) < 4.78 is 1.96. The number of aryl methyl sites for hydroxylation is 2. The number of isocyanates is 1. The summed E-state index contributed by atoms with van der Waals surface area (Å²) in [6.07, 6.45) is 3.37. The molecule has 4 nitrogen and oxygen atoms in total. The molecule has 0 unspecified atom stereocenters. The molecule has 70 valence electrons. The van der Waals surface area contributed by atoms with Crippen molar-refractivity contribution in [3.63, 3.8) is 0 Å². The molecular weight excluding hydrogens is 178 g/mol. The summed E-state index contributed by atoms with van der Waals surface area (Å²) in [6, 6.07) is 3.58. The maximum atomic E-state index is 10.1. The number of carbonyl (C=O) groups excluding carboxylic acids is 1. The molecule has 0 fully saturated rings. The fourth-order valence-corrected chi connectivity index (χ4v) is 1.53. The van der Waals surface area contributed by atoms with E-state index in [1.165, 1.54) is 6.08 Å². The van der Waals surface area contributed by atoms with Crippen molar-refractivity contribution in [1.29, 1.82) is 0 Å². The average molecular weight is 187 g/mol. The van der Waals surface area contributed by atoms with Crippen LogP contribution in [0.2, 0.25) is 0 Å². The lowest BCUT2D eigenvalue weighted by atomic mass is 10.3. The molecule has 0 aliphatic rings. The van der Waals surface area contributed by atoms with E-state index in [1.807, 2.05) is 30.5 Å². The highest BCUT2D eigenvalue weighted by molar-refractivity contribution is 5.62. The molecule has 0 saturated carbocycles. The van der Waals surface area contributed by atoms with Gasteiger partial charge in [-0.1, -0.05) is 0 Å². The van der Waals surface area contributed by atoms with Crippen LogP contribution in [-0.4, -0.2) is 15.5 Å². The first-order valence-corrected chi connectivity index (χ1v) is 4.25. The zero-order valence-corrected chi connectivity index (χ0v) is 7.98. The van der Waals surface area contributed by atoms with Crippen molar-refractivity contribution in [1.82, 2.24) is 9.38 Å². The van der Waals surface area contributed by atoms with E-state index in [0.29, 0.717) is 5.69 Å². The van der Waals surface area contributed by atoms with Crippen LogP contribution < -0.4 is 0 Å². The number of pyridine rings is 1. The van der Waals surface area contributed by atoms with Gasteiger partial charge in [-0.15, -0.1) is 0 Å². The minimum absolute atomic E-state index is 0.607. The first-order chi connectivity index (χ1) is 6.72. The molecule has 0 amide bonds. The Hall–Kier alpha value is -1.93. The van der Waals surface area contributed by atoms with Crippen molar-refractivity contribution in [2.75, 3.05) is 0 Å². The van der Waals surface area contributed by atoms with Gasteiger partial charge < -0.3 is 4.40 Å². The van der Waals surface area contributed by atoms with Gasteiger partial charge in [0, 0.05) is 6.20 Å². The molecule has 2 rings (SSSR count). The molecule has 0 N–H and O–H groups in total. The van der Waals surface area contributed by atoms with Gasteiger partial charge >= 0.3 is 0 Å². The van der Waals surface area contributed by atoms with Crippen molar-refractivity contribution >= 4 is 17.3 Å². The summed E-state index contributed by atoms with van der Waals surface area (Å²) in [5, 5.41) is 0. The fraction of sp³-hybridized carbons (Fsp3) is 0.200. The lowest BCUT2D eigenvalue weighted by Gasteiger charge is -1.96. The molecule has 0 aromatic carbocycles. The maximum Gasteiger partial charge on any atom is 0.240 e. The van der Waals surface area contributed by atoms with Crippen LogP contribution in [0.4, 0.5) is 5.69 Å². The van der Waals surface area contributed by atoms with E-state index in [2.05, 4.69) is 9.98 Å². The minimum Gasteiger partial charge on any atom is -0.304 e. The zero-order valence-electron chi connectivity index (χ0n) is 7.98. The second kappa shape index (κ2) is 3.09. The first kappa shape index (κ1) is 8.66. The molecular formula is C10H9N3O. The SMILES string of the molecule is Cc1nc(C)n2ccc(N=C=O)cc12. The Morgan fingerprint density at radius 2 is 2.29 bits per heavy atom. The topological polar surface area (TPSA) is 46.7 Å². The van der Waals surface area contributed by atoms with E-state index < -0.39 is 0 Å². The zero-order chi connectivity index (χ0) is 10.1. The third-order valence-electron chi connectivity index (χ3n) is 2.16. The lowest BCUT2D eigenvalue weighted by Crippen LogP contribution is -1.85. The number of rotatable bonds is 1. The summed E-state index contributed by atoms with van der Waals surface area (Å²) in [5.74, 6) is 0.930. The highest BCUT2D eigenvalue weighted by atomic mass is 16.1. The molecule has 0 aliphatic heterocycles. The number of hydrogen-bond donors (Lipinski definition) is 0. The summed E-state index contributed by atoms with van der Waals surface area (Å²) in [6.45, 7) is 3.86. The van der Waals surface area contributed by atoms with E-state index in [4.69, 9.17) is 0 Å². The molecule has 0 aliphatic carbocycles. The standard InChI is InChI=1S/C10H9N3O/c1-7-10-5-9(11-6-14)3-4-13(10)8(2)12-7/h3-5H,1-2H3. The summed E-state index contributed by atoms with van der Waals surface area (Å²) in [4.78, 5) is 18.0. The molecule has 2 heterocycles. The van der Waals surface area contributed by atoms with Gasteiger partial charge in [-0.2, -0.15) is 4.99 Å². The maximum absolute atomic E-state index is 10.1. The van der Waals surface area contributed by atoms with Crippen LogP contribution >= 0.6 is 0 Å². The Labute approximate surface area is 80.9 Å². The largest absolute Gasteiger partial charge is 0.304 e. The summed E-state index contributed by atoms with van der Waals surface area (Å²) in [5.41, 5.74) is 2.51. The van der Waals surface area contributed by atoms with Crippen LogP contribution in [0.5, 0.6) is 0 Å². The lowest BCUT2D eigenvalue weighted by molar-refractivity contribution is 0.565. The Balaban J connectivity index is 2.76. The van der Waals surface area contributed by atoms with E-state index >= 15 is 0 Å². The fourth-order valence-electron chi connectivity index (χ4n) is 1.53. The second-order valence-electron chi connectivity index (χ2n) is 3.09. The smallest absolute Gasteiger partial charge is 0.240 e. The molecule has 4 heteroatoms. The Kier molecular flexibility index (Phi) is 1.91. The van der Waals surface area contributed by atoms with Gasteiger partial charge in [-0.05, 0) is 26.0 Å². The van der Waals surface area contributed by atoms with Crippen LogP contribution in [0.15, 0.2) is 23.3 Å². The van der Waals surface area contributed by atoms with Crippen LogP contribution in [-0.2, 0) is 4.79 Å². The molecule has 2 aromatic heterocycles. The van der Waals surface area contributed by atoms with Crippen LogP contribution in [0, 0.1) is 13.8 Å². The molecule has 0 bridgehead atoms. The van der Waals surface area contributed by atoms with Crippen LogP contribution in [0.1, 0.15) is 11.5 Å². The summed E-state index contributed by atoms with van der Waals surface area (Å²) >= 11 is 0. The predicted octanol–water partition coefficient (Wildman–Crippen LogP) is 1.92. The predicted molar refractivity (Wildman–Crippen MR) is 52.4 cm³/mol. The van der Waals surface area contributed by atoms with Crippen molar-refractivity contribution in [3.8, 4) is 0 Å². The normalized spacial score (nSPS) is 10.1. The van der Waals surface area contributed by atoms with Crippen molar-refractivity contribution in [2.24, 2.45) is 4.99 Å². The van der Waals surface area contributed by atoms with E-state index in [1.54, 1.807) is 6.07 Å². The number of aromatic nitrogens is 2. The highest BCUT2D eigenvalue weighted by Gasteiger charge is 2.03. The van der Waals surface area contributed by atoms with Gasteiger partial charge in [0.1, 0.15) is 5.82 Å². The Bertz CT molecular complexity index is 536. The summed E-state index contributed by atoms with van der Waals surface area (Å²) in [7, 11) is 0. The number of aliphatic imine (C=N–C) groups is 1. The number of nitrogens with zero attached hydrogens (tertiary/aromatic N) is 3.